The van der Waals surface area contributed by atoms with E-state index in [9.17, 15) is 4.79 Å². The number of anilines is 1. The van der Waals surface area contributed by atoms with Crippen LogP contribution >= 0.6 is 15.9 Å². The zero-order chi connectivity index (χ0) is 15.2. The zero-order valence-corrected chi connectivity index (χ0v) is 13.2. The molecule has 0 saturated heterocycles. The van der Waals surface area contributed by atoms with E-state index in [0.717, 1.165) is 11.4 Å². The molecule has 0 bridgehead atoms. The molecule has 1 atom stereocenters. The Morgan fingerprint density at radius 3 is 2.62 bits per heavy atom. The lowest BCUT2D eigenvalue weighted by atomic mass is 10.2. The molecule has 21 heavy (non-hydrogen) atoms. The first-order valence-corrected chi connectivity index (χ1v) is 7.37. The largest absolute Gasteiger partial charge is 0.493 e. The van der Waals surface area contributed by atoms with Gasteiger partial charge in [0.15, 0.2) is 4.67 Å². The molecule has 3 N–H and O–H groups in total. The van der Waals surface area contributed by atoms with Gasteiger partial charge in [-0.2, -0.15) is 0 Å². The number of rotatable bonds is 7. The number of carbonyl (C=O) groups excluding carboxylic acids is 1. The van der Waals surface area contributed by atoms with E-state index in [1.807, 2.05) is 43.3 Å². The first-order chi connectivity index (χ1) is 10.0. The van der Waals surface area contributed by atoms with Gasteiger partial charge in [-0.25, -0.2) is 0 Å². The highest BCUT2D eigenvalue weighted by atomic mass is 79.9. The highest BCUT2D eigenvalue weighted by molar-refractivity contribution is 9.10. The first-order valence-electron chi connectivity index (χ1n) is 6.57. The number of ether oxygens (including phenoxy) is 1. The van der Waals surface area contributed by atoms with Crippen LogP contribution in [0.4, 0.5) is 5.69 Å². The second kappa shape index (κ2) is 7.17. The maximum atomic E-state index is 10.6. The summed E-state index contributed by atoms with van der Waals surface area (Å²) in [7, 11) is 0. The van der Waals surface area contributed by atoms with Crippen molar-refractivity contribution in [3.63, 3.8) is 0 Å². The van der Waals surface area contributed by atoms with Crippen molar-refractivity contribution in [3.8, 4) is 5.75 Å². The zero-order valence-electron chi connectivity index (χ0n) is 11.6. The maximum Gasteiger partial charge on any atom is 0.220 e. The molecule has 0 radical (unpaired) electrons. The van der Waals surface area contributed by atoms with Crippen molar-refractivity contribution in [3.05, 3.63) is 46.8 Å². The third-order valence-electron chi connectivity index (χ3n) is 2.88. The minimum atomic E-state index is -0.369. The summed E-state index contributed by atoms with van der Waals surface area (Å²) in [5.74, 6) is 1.19. The molecule has 0 saturated carbocycles. The third-order valence-corrected chi connectivity index (χ3v) is 3.30. The lowest BCUT2D eigenvalue weighted by molar-refractivity contribution is -0.118. The van der Waals surface area contributed by atoms with Crippen LogP contribution < -0.4 is 15.8 Å². The van der Waals surface area contributed by atoms with Crippen LogP contribution in [-0.4, -0.2) is 12.5 Å². The normalized spacial score (nSPS) is 11.9. The van der Waals surface area contributed by atoms with Crippen molar-refractivity contribution in [2.24, 2.45) is 5.73 Å². The minimum absolute atomic E-state index is 0.0536. The molecule has 0 fully saturated rings. The lowest BCUT2D eigenvalue weighted by Gasteiger charge is -2.13. The average molecular weight is 353 g/mol. The van der Waals surface area contributed by atoms with Gasteiger partial charge in [0.2, 0.25) is 5.91 Å². The van der Waals surface area contributed by atoms with Gasteiger partial charge in [0.1, 0.15) is 11.5 Å². The standard InChI is InChI=1S/C15H17BrN2O3/c1-10(13-6-7-14(16)21-13)18-11-2-4-12(5-3-11)20-9-8-15(17)19/h2-7,10,18H,8-9H2,1H3,(H2,17,19). The number of nitrogens with two attached hydrogens (primary N) is 1. The second-order valence-electron chi connectivity index (χ2n) is 4.60. The van der Waals surface area contributed by atoms with Crippen LogP contribution in [-0.2, 0) is 4.79 Å². The predicted molar refractivity (Wildman–Crippen MR) is 84.2 cm³/mol. The molecule has 0 aliphatic heterocycles. The summed E-state index contributed by atoms with van der Waals surface area (Å²) in [5.41, 5.74) is 6.01. The van der Waals surface area contributed by atoms with Gasteiger partial charge in [-0.3, -0.25) is 4.79 Å². The second-order valence-corrected chi connectivity index (χ2v) is 5.38. The molecule has 1 heterocycles. The van der Waals surface area contributed by atoms with Crippen molar-refractivity contribution in [1.29, 1.82) is 0 Å². The fourth-order valence-corrected chi connectivity index (χ4v) is 2.12. The van der Waals surface area contributed by atoms with Crippen molar-refractivity contribution >= 4 is 27.5 Å². The summed E-state index contributed by atoms with van der Waals surface area (Å²) in [6.07, 6.45) is 0.213. The van der Waals surface area contributed by atoms with Gasteiger partial charge in [-0.15, -0.1) is 0 Å². The van der Waals surface area contributed by atoms with Crippen molar-refractivity contribution in [1.82, 2.24) is 0 Å². The van der Waals surface area contributed by atoms with E-state index in [1.165, 1.54) is 0 Å². The van der Waals surface area contributed by atoms with Gasteiger partial charge in [0.25, 0.3) is 0 Å². The monoisotopic (exact) mass is 352 g/mol. The van der Waals surface area contributed by atoms with Gasteiger partial charge in [-0.1, -0.05) is 0 Å². The molecule has 1 unspecified atom stereocenters. The highest BCUT2D eigenvalue weighted by Crippen LogP contribution is 2.24. The summed E-state index contributed by atoms with van der Waals surface area (Å²) >= 11 is 3.29. The number of nitrogens with one attached hydrogen (secondary N) is 1. The molecule has 1 aromatic carbocycles. The SMILES string of the molecule is CC(Nc1ccc(OCCC(N)=O)cc1)c1ccc(Br)o1. The van der Waals surface area contributed by atoms with E-state index in [0.29, 0.717) is 17.0 Å². The van der Waals surface area contributed by atoms with Gasteiger partial charge in [0.05, 0.1) is 19.1 Å². The molecular weight excluding hydrogens is 336 g/mol. The molecular formula is C15H17BrN2O3. The number of primary amides is 1. The van der Waals surface area contributed by atoms with Crippen LogP contribution in [0.1, 0.15) is 25.1 Å². The number of hydrogen-bond acceptors (Lipinski definition) is 4. The number of amides is 1. The van der Waals surface area contributed by atoms with Crippen LogP contribution in [0.15, 0.2) is 45.5 Å². The summed E-state index contributed by atoms with van der Waals surface area (Å²) in [6.45, 7) is 2.31. The number of furan rings is 1. The lowest BCUT2D eigenvalue weighted by Crippen LogP contribution is -2.14. The van der Waals surface area contributed by atoms with E-state index >= 15 is 0 Å². The fourth-order valence-electron chi connectivity index (χ4n) is 1.80. The summed E-state index contributed by atoms with van der Waals surface area (Å²) < 4.78 is 11.6. The summed E-state index contributed by atoms with van der Waals surface area (Å²) in [5, 5.41) is 3.33. The average Bonchev–Trinajstić information content (AvgIpc) is 2.87. The van der Waals surface area contributed by atoms with Gasteiger partial charge in [0, 0.05) is 5.69 Å². The van der Waals surface area contributed by atoms with Crippen LogP contribution in [0, 0.1) is 0 Å². The van der Waals surface area contributed by atoms with Crippen molar-refractivity contribution in [2.75, 3.05) is 11.9 Å². The maximum absolute atomic E-state index is 10.6. The molecule has 112 valence electrons. The van der Waals surface area contributed by atoms with Crippen molar-refractivity contribution < 1.29 is 13.9 Å². The molecule has 1 aromatic heterocycles. The first kappa shape index (κ1) is 15.4. The van der Waals surface area contributed by atoms with Gasteiger partial charge >= 0.3 is 0 Å². The Bertz CT molecular complexity index is 595. The van der Waals surface area contributed by atoms with E-state index in [-0.39, 0.29) is 18.4 Å². The van der Waals surface area contributed by atoms with Gasteiger partial charge in [-0.05, 0) is 59.3 Å². The Kier molecular flexibility index (Phi) is 5.27. The Morgan fingerprint density at radius 1 is 1.33 bits per heavy atom. The summed E-state index contributed by atoms with van der Waals surface area (Å²) in [6, 6.07) is 11.3. The molecule has 2 rings (SSSR count). The predicted octanol–water partition coefficient (Wildman–Crippen LogP) is 3.47. The molecule has 0 aliphatic rings. The van der Waals surface area contributed by atoms with Gasteiger partial charge < -0.3 is 20.2 Å². The number of hydrogen-bond donors (Lipinski definition) is 2. The van der Waals surface area contributed by atoms with E-state index < -0.39 is 0 Å². The third kappa shape index (κ3) is 4.82. The Morgan fingerprint density at radius 2 is 2.05 bits per heavy atom. The highest BCUT2D eigenvalue weighted by Gasteiger charge is 2.09. The molecule has 2 aromatic rings. The Labute approximate surface area is 131 Å². The van der Waals surface area contributed by atoms with Crippen molar-refractivity contribution in [2.45, 2.75) is 19.4 Å². The quantitative estimate of drug-likeness (QED) is 0.799. The molecule has 5 nitrogen and oxygen atoms in total. The van der Waals surface area contributed by atoms with Crippen LogP contribution in [0.25, 0.3) is 0 Å². The fraction of sp³-hybridized carbons (Fsp3) is 0.267. The van der Waals surface area contributed by atoms with E-state index in [1.54, 1.807) is 0 Å². The van der Waals surface area contributed by atoms with E-state index in [2.05, 4.69) is 21.2 Å². The molecule has 1 amide bonds. The van der Waals surface area contributed by atoms with E-state index in [4.69, 9.17) is 14.9 Å². The van der Waals surface area contributed by atoms with Crippen LogP contribution in [0.5, 0.6) is 5.75 Å². The Hall–Kier alpha value is -1.95. The Balaban J connectivity index is 1.88. The minimum Gasteiger partial charge on any atom is -0.493 e. The molecule has 6 heteroatoms. The van der Waals surface area contributed by atoms with Crippen LogP contribution in [0.2, 0.25) is 0 Å². The topological polar surface area (TPSA) is 77.5 Å². The molecule has 0 aliphatic carbocycles. The number of halogens is 1. The van der Waals surface area contributed by atoms with Crippen LogP contribution in [0.3, 0.4) is 0 Å². The number of benzene rings is 1. The smallest absolute Gasteiger partial charge is 0.220 e. The molecule has 0 spiro atoms. The summed E-state index contributed by atoms with van der Waals surface area (Å²) in [4.78, 5) is 10.6. The number of carbonyl (C=O) groups is 1.